The molecule has 7 heteroatoms. The summed E-state index contributed by atoms with van der Waals surface area (Å²) in [5.41, 5.74) is 1.12. The highest BCUT2D eigenvalue weighted by molar-refractivity contribution is 5.93. The average molecular weight is 329 g/mol. The molecule has 1 N–H and O–H groups in total. The summed E-state index contributed by atoms with van der Waals surface area (Å²) in [6.45, 7) is 3.84. The Labute approximate surface area is 141 Å². The van der Waals surface area contributed by atoms with Crippen LogP contribution in [0.4, 0.5) is 0 Å². The zero-order valence-electron chi connectivity index (χ0n) is 13.7. The molecule has 0 unspecified atom stereocenters. The van der Waals surface area contributed by atoms with Crippen molar-refractivity contribution in [1.82, 2.24) is 24.8 Å². The molecule has 0 atom stereocenters. The SMILES string of the molecule is O=C(NC1CCN(C2CCOCC2)CC1)c1cc2ncccn2n1. The van der Waals surface area contributed by atoms with Crippen LogP contribution in [-0.4, -0.2) is 63.8 Å². The fourth-order valence-corrected chi connectivity index (χ4v) is 3.66. The molecular formula is C17H23N5O2. The molecule has 2 aromatic heterocycles. The van der Waals surface area contributed by atoms with Crippen LogP contribution in [0.15, 0.2) is 24.5 Å². The van der Waals surface area contributed by atoms with E-state index in [-0.39, 0.29) is 11.9 Å². The van der Waals surface area contributed by atoms with Crippen molar-refractivity contribution in [2.45, 2.75) is 37.8 Å². The van der Waals surface area contributed by atoms with Crippen molar-refractivity contribution < 1.29 is 9.53 Å². The van der Waals surface area contributed by atoms with E-state index in [4.69, 9.17) is 4.74 Å². The van der Waals surface area contributed by atoms with Crippen molar-refractivity contribution in [1.29, 1.82) is 0 Å². The van der Waals surface area contributed by atoms with E-state index in [0.29, 0.717) is 17.4 Å². The second-order valence-corrected chi connectivity index (χ2v) is 6.58. The zero-order chi connectivity index (χ0) is 16.4. The Hall–Kier alpha value is -1.99. The van der Waals surface area contributed by atoms with Crippen LogP contribution in [-0.2, 0) is 4.74 Å². The fraction of sp³-hybridized carbons (Fsp3) is 0.588. The molecule has 0 radical (unpaired) electrons. The zero-order valence-corrected chi connectivity index (χ0v) is 13.7. The molecule has 0 spiro atoms. The third-order valence-corrected chi connectivity index (χ3v) is 5.04. The molecule has 2 aliphatic heterocycles. The van der Waals surface area contributed by atoms with Gasteiger partial charge in [0, 0.05) is 56.8 Å². The smallest absolute Gasteiger partial charge is 0.272 e. The molecular weight excluding hydrogens is 306 g/mol. The first-order valence-corrected chi connectivity index (χ1v) is 8.73. The van der Waals surface area contributed by atoms with Crippen LogP contribution in [0.25, 0.3) is 5.65 Å². The number of hydrogen-bond donors (Lipinski definition) is 1. The summed E-state index contributed by atoms with van der Waals surface area (Å²) in [6, 6.07) is 4.41. The largest absolute Gasteiger partial charge is 0.381 e. The first kappa shape index (κ1) is 15.5. The fourth-order valence-electron chi connectivity index (χ4n) is 3.66. The third-order valence-electron chi connectivity index (χ3n) is 5.04. The second-order valence-electron chi connectivity index (χ2n) is 6.58. The third kappa shape index (κ3) is 3.27. The number of likely N-dealkylation sites (tertiary alicyclic amines) is 1. The van der Waals surface area contributed by atoms with Gasteiger partial charge in [0.2, 0.25) is 0 Å². The van der Waals surface area contributed by atoms with Gasteiger partial charge in [-0.15, -0.1) is 0 Å². The Morgan fingerprint density at radius 2 is 2.00 bits per heavy atom. The van der Waals surface area contributed by atoms with Gasteiger partial charge in [0.25, 0.3) is 5.91 Å². The number of rotatable bonds is 3. The normalized spacial score (nSPS) is 21.2. The number of carbonyl (C=O) groups excluding carboxylic acids is 1. The van der Waals surface area contributed by atoms with Gasteiger partial charge in [0.1, 0.15) is 0 Å². The van der Waals surface area contributed by atoms with Crippen LogP contribution in [0.1, 0.15) is 36.2 Å². The van der Waals surface area contributed by atoms with Gasteiger partial charge in [-0.3, -0.25) is 4.79 Å². The quantitative estimate of drug-likeness (QED) is 0.913. The second kappa shape index (κ2) is 6.86. The van der Waals surface area contributed by atoms with Crippen molar-refractivity contribution in [3.05, 3.63) is 30.2 Å². The number of amides is 1. The topological polar surface area (TPSA) is 71.8 Å². The lowest BCUT2D eigenvalue weighted by Crippen LogP contribution is -2.49. The van der Waals surface area contributed by atoms with Crippen LogP contribution in [0, 0.1) is 0 Å². The number of carbonyl (C=O) groups is 1. The van der Waals surface area contributed by atoms with Gasteiger partial charge < -0.3 is 15.0 Å². The number of piperidine rings is 1. The van der Waals surface area contributed by atoms with E-state index in [1.165, 1.54) is 0 Å². The predicted molar refractivity (Wildman–Crippen MR) is 88.9 cm³/mol. The van der Waals surface area contributed by atoms with Gasteiger partial charge in [-0.05, 0) is 31.7 Å². The van der Waals surface area contributed by atoms with Gasteiger partial charge in [-0.25, -0.2) is 9.50 Å². The van der Waals surface area contributed by atoms with Gasteiger partial charge in [-0.2, -0.15) is 5.10 Å². The Morgan fingerprint density at radius 3 is 2.75 bits per heavy atom. The molecule has 24 heavy (non-hydrogen) atoms. The van der Waals surface area contributed by atoms with Crippen LogP contribution in [0.5, 0.6) is 0 Å². The summed E-state index contributed by atoms with van der Waals surface area (Å²) in [4.78, 5) is 19.2. The highest BCUT2D eigenvalue weighted by Crippen LogP contribution is 2.20. The highest BCUT2D eigenvalue weighted by Gasteiger charge is 2.27. The number of ether oxygens (including phenoxy) is 1. The van der Waals surface area contributed by atoms with Crippen LogP contribution >= 0.6 is 0 Å². The molecule has 2 saturated heterocycles. The van der Waals surface area contributed by atoms with E-state index in [2.05, 4.69) is 20.3 Å². The Balaban J connectivity index is 1.32. The van der Waals surface area contributed by atoms with Crippen LogP contribution < -0.4 is 5.32 Å². The summed E-state index contributed by atoms with van der Waals surface area (Å²) in [5.74, 6) is -0.106. The standard InChI is InChI=1S/C17H23N5O2/c23-17(15-12-16-18-6-1-7-22(16)20-15)19-13-2-8-21(9-3-13)14-4-10-24-11-5-14/h1,6-7,12-14H,2-5,8-11H2,(H,19,23). The van der Waals surface area contributed by atoms with E-state index in [1.807, 2.05) is 0 Å². The van der Waals surface area contributed by atoms with E-state index in [0.717, 1.165) is 52.0 Å². The number of aromatic nitrogens is 3. The molecule has 0 bridgehead atoms. The summed E-state index contributed by atoms with van der Waals surface area (Å²) >= 11 is 0. The van der Waals surface area contributed by atoms with E-state index in [1.54, 1.807) is 29.0 Å². The van der Waals surface area contributed by atoms with Gasteiger partial charge in [0.05, 0.1) is 0 Å². The molecule has 7 nitrogen and oxygen atoms in total. The minimum atomic E-state index is -0.106. The molecule has 4 rings (SSSR count). The Kier molecular flexibility index (Phi) is 4.44. The molecule has 0 saturated carbocycles. The molecule has 1 amide bonds. The number of nitrogens with zero attached hydrogens (tertiary/aromatic N) is 4. The van der Waals surface area contributed by atoms with Crippen molar-refractivity contribution in [3.63, 3.8) is 0 Å². The van der Waals surface area contributed by atoms with Crippen LogP contribution in [0.2, 0.25) is 0 Å². The lowest BCUT2D eigenvalue weighted by molar-refractivity contribution is 0.0238. The minimum absolute atomic E-state index is 0.106. The summed E-state index contributed by atoms with van der Waals surface area (Å²) in [5, 5.41) is 7.41. The number of nitrogens with one attached hydrogen (secondary N) is 1. The lowest BCUT2D eigenvalue weighted by Gasteiger charge is -2.39. The van der Waals surface area contributed by atoms with E-state index < -0.39 is 0 Å². The first-order chi connectivity index (χ1) is 11.8. The number of fused-ring (bicyclic) bond motifs is 1. The molecule has 0 aromatic carbocycles. The molecule has 2 aromatic rings. The van der Waals surface area contributed by atoms with Gasteiger partial charge >= 0.3 is 0 Å². The Bertz CT molecular complexity index is 669. The van der Waals surface area contributed by atoms with Crippen molar-refractivity contribution in [3.8, 4) is 0 Å². The van der Waals surface area contributed by atoms with Crippen molar-refractivity contribution in [2.24, 2.45) is 0 Å². The maximum absolute atomic E-state index is 12.4. The Morgan fingerprint density at radius 1 is 1.21 bits per heavy atom. The minimum Gasteiger partial charge on any atom is -0.381 e. The van der Waals surface area contributed by atoms with Gasteiger partial charge in [-0.1, -0.05) is 0 Å². The molecule has 0 aliphatic carbocycles. The lowest BCUT2D eigenvalue weighted by atomic mass is 9.99. The monoisotopic (exact) mass is 329 g/mol. The van der Waals surface area contributed by atoms with Crippen molar-refractivity contribution in [2.75, 3.05) is 26.3 Å². The van der Waals surface area contributed by atoms with Crippen LogP contribution in [0.3, 0.4) is 0 Å². The van der Waals surface area contributed by atoms with Gasteiger partial charge in [0.15, 0.2) is 11.3 Å². The summed E-state index contributed by atoms with van der Waals surface area (Å²) in [7, 11) is 0. The predicted octanol–water partition coefficient (Wildman–Crippen LogP) is 1.10. The molecule has 2 fully saturated rings. The van der Waals surface area contributed by atoms with E-state index >= 15 is 0 Å². The molecule has 2 aliphatic rings. The highest BCUT2D eigenvalue weighted by atomic mass is 16.5. The maximum atomic E-state index is 12.4. The van der Waals surface area contributed by atoms with Crippen molar-refractivity contribution >= 4 is 11.6 Å². The molecule has 128 valence electrons. The maximum Gasteiger partial charge on any atom is 0.272 e. The summed E-state index contributed by atoms with van der Waals surface area (Å²) < 4.78 is 7.07. The van der Waals surface area contributed by atoms with E-state index in [9.17, 15) is 4.79 Å². The summed E-state index contributed by atoms with van der Waals surface area (Å²) in [6.07, 6.45) is 7.75. The number of hydrogen-bond acceptors (Lipinski definition) is 5. The first-order valence-electron chi connectivity index (χ1n) is 8.73. The average Bonchev–Trinajstić information content (AvgIpc) is 3.07. The molecule has 4 heterocycles.